The van der Waals surface area contributed by atoms with Crippen molar-refractivity contribution in [3.63, 3.8) is 0 Å². The van der Waals surface area contributed by atoms with Gasteiger partial charge in [-0.25, -0.2) is 0 Å². The first kappa shape index (κ1) is 18.8. The van der Waals surface area contributed by atoms with Crippen molar-refractivity contribution in [3.8, 4) is 11.3 Å². The summed E-state index contributed by atoms with van der Waals surface area (Å²) in [7, 11) is 0. The van der Waals surface area contributed by atoms with Gasteiger partial charge in [-0.2, -0.15) is 5.10 Å². The van der Waals surface area contributed by atoms with Crippen molar-refractivity contribution >= 4 is 5.91 Å². The summed E-state index contributed by atoms with van der Waals surface area (Å²) < 4.78 is 0. The van der Waals surface area contributed by atoms with Crippen LogP contribution in [0.2, 0.25) is 0 Å². The molecule has 3 aliphatic heterocycles. The maximum absolute atomic E-state index is 13.5. The van der Waals surface area contributed by atoms with Gasteiger partial charge in [0.15, 0.2) is 0 Å². The van der Waals surface area contributed by atoms with E-state index in [1.54, 1.807) is 0 Å². The summed E-state index contributed by atoms with van der Waals surface area (Å²) in [6.07, 6.45) is 6.24. The monoisotopic (exact) mass is 393 g/mol. The second-order valence-corrected chi connectivity index (χ2v) is 8.60. The number of carbonyl (C=O) groups is 1. The van der Waals surface area contributed by atoms with Crippen LogP contribution < -0.4 is 5.32 Å². The first-order chi connectivity index (χ1) is 14.3. The first-order valence-electron chi connectivity index (χ1n) is 11.2. The standard InChI is InChI=1S/C23H31N5O/c29-23(21-7-4-14-28(21)18-8-12-24-13-9-18)27-15-10-19-20(11-16-27)25-26-22(19)17-5-2-1-3-6-17/h1-3,5-6,18,21,24H,4,7-16H2,(H,25,26)/t21-/m0/s1. The molecule has 0 spiro atoms. The maximum atomic E-state index is 13.5. The van der Waals surface area contributed by atoms with Crippen LogP contribution in [-0.4, -0.2) is 70.7 Å². The summed E-state index contributed by atoms with van der Waals surface area (Å²) in [6.45, 7) is 4.82. The lowest BCUT2D eigenvalue weighted by atomic mass is 10.0. The molecule has 6 nitrogen and oxygen atoms in total. The largest absolute Gasteiger partial charge is 0.341 e. The number of fused-ring (bicyclic) bond motifs is 1. The number of aromatic nitrogens is 2. The van der Waals surface area contributed by atoms with E-state index in [-0.39, 0.29) is 6.04 Å². The van der Waals surface area contributed by atoms with Crippen LogP contribution in [0.25, 0.3) is 11.3 Å². The van der Waals surface area contributed by atoms with E-state index in [2.05, 4.69) is 49.6 Å². The lowest BCUT2D eigenvalue weighted by Crippen LogP contribution is -2.52. The Kier molecular flexibility index (Phi) is 5.38. The molecule has 2 fully saturated rings. The lowest BCUT2D eigenvalue weighted by Gasteiger charge is -2.37. The fourth-order valence-corrected chi connectivity index (χ4v) is 5.38. The topological polar surface area (TPSA) is 64.3 Å². The molecule has 3 aliphatic rings. The van der Waals surface area contributed by atoms with Crippen LogP contribution in [0, 0.1) is 0 Å². The maximum Gasteiger partial charge on any atom is 0.239 e. The normalized spacial score (nSPS) is 23.7. The summed E-state index contributed by atoms with van der Waals surface area (Å²) in [5.41, 5.74) is 4.68. The SMILES string of the molecule is O=C([C@@H]1CCCN1C1CCNCC1)N1CCc2[nH]nc(-c3ccccc3)c2CC1. The number of nitrogens with zero attached hydrogens (tertiary/aromatic N) is 3. The molecule has 5 rings (SSSR count). The summed E-state index contributed by atoms with van der Waals surface area (Å²) in [5.74, 6) is 0.348. The van der Waals surface area contributed by atoms with E-state index < -0.39 is 0 Å². The van der Waals surface area contributed by atoms with Gasteiger partial charge in [0.25, 0.3) is 0 Å². The highest BCUT2D eigenvalue weighted by atomic mass is 16.2. The molecule has 0 radical (unpaired) electrons. The van der Waals surface area contributed by atoms with Crippen LogP contribution in [0.3, 0.4) is 0 Å². The second kappa shape index (κ2) is 8.28. The number of carbonyl (C=O) groups excluding carboxylic acids is 1. The number of likely N-dealkylation sites (tertiary alicyclic amines) is 1. The molecule has 0 unspecified atom stereocenters. The molecule has 1 amide bonds. The number of hydrogen-bond donors (Lipinski definition) is 2. The number of amides is 1. The van der Waals surface area contributed by atoms with Gasteiger partial charge < -0.3 is 10.2 Å². The molecule has 4 heterocycles. The Morgan fingerprint density at radius 3 is 2.62 bits per heavy atom. The number of rotatable bonds is 3. The fourth-order valence-electron chi connectivity index (χ4n) is 5.38. The quantitative estimate of drug-likeness (QED) is 0.839. The van der Waals surface area contributed by atoms with E-state index >= 15 is 0 Å². The molecule has 0 saturated carbocycles. The zero-order valence-corrected chi connectivity index (χ0v) is 17.1. The van der Waals surface area contributed by atoms with Gasteiger partial charge in [0.2, 0.25) is 5.91 Å². The molecule has 2 aromatic rings. The van der Waals surface area contributed by atoms with Crippen LogP contribution in [0.5, 0.6) is 0 Å². The Hall–Kier alpha value is -2.18. The third-order valence-corrected chi connectivity index (χ3v) is 6.93. The first-order valence-corrected chi connectivity index (χ1v) is 11.2. The minimum absolute atomic E-state index is 0.0845. The van der Waals surface area contributed by atoms with E-state index in [1.165, 1.54) is 24.1 Å². The molecule has 29 heavy (non-hydrogen) atoms. The van der Waals surface area contributed by atoms with Gasteiger partial charge >= 0.3 is 0 Å². The Morgan fingerprint density at radius 1 is 1.00 bits per heavy atom. The van der Waals surface area contributed by atoms with E-state index in [1.807, 2.05) is 6.07 Å². The van der Waals surface area contributed by atoms with Crippen molar-refractivity contribution in [1.29, 1.82) is 0 Å². The van der Waals surface area contributed by atoms with Gasteiger partial charge in [-0.15, -0.1) is 0 Å². The summed E-state index contributed by atoms with van der Waals surface area (Å²) in [6, 6.07) is 11.0. The van der Waals surface area contributed by atoms with Gasteiger partial charge in [0, 0.05) is 42.4 Å². The summed E-state index contributed by atoms with van der Waals surface area (Å²) >= 11 is 0. The Labute approximate surface area is 172 Å². The van der Waals surface area contributed by atoms with E-state index in [0.29, 0.717) is 11.9 Å². The minimum Gasteiger partial charge on any atom is -0.341 e. The average Bonchev–Trinajstić information content (AvgIpc) is 3.37. The fraction of sp³-hybridized carbons (Fsp3) is 0.565. The Bertz CT molecular complexity index is 842. The Morgan fingerprint density at radius 2 is 1.79 bits per heavy atom. The zero-order valence-electron chi connectivity index (χ0n) is 17.1. The highest BCUT2D eigenvalue weighted by Crippen LogP contribution is 2.29. The molecule has 1 aromatic heterocycles. The van der Waals surface area contributed by atoms with Crippen molar-refractivity contribution in [2.45, 2.75) is 50.6 Å². The number of H-pyrrole nitrogens is 1. The highest BCUT2D eigenvalue weighted by Gasteiger charge is 2.38. The minimum atomic E-state index is 0.0845. The van der Waals surface area contributed by atoms with Crippen LogP contribution in [0.1, 0.15) is 36.9 Å². The number of piperidine rings is 1. The van der Waals surface area contributed by atoms with E-state index in [0.717, 1.165) is 69.7 Å². The predicted molar refractivity (Wildman–Crippen MR) is 114 cm³/mol. The molecular formula is C23H31N5O. The molecule has 2 N–H and O–H groups in total. The average molecular weight is 394 g/mol. The van der Waals surface area contributed by atoms with E-state index in [4.69, 9.17) is 0 Å². The van der Waals surface area contributed by atoms with Crippen LogP contribution in [0.4, 0.5) is 0 Å². The van der Waals surface area contributed by atoms with Crippen LogP contribution in [-0.2, 0) is 17.6 Å². The van der Waals surface area contributed by atoms with Gasteiger partial charge in [0.1, 0.15) is 0 Å². The second-order valence-electron chi connectivity index (χ2n) is 8.60. The number of aromatic amines is 1. The van der Waals surface area contributed by atoms with Crippen molar-refractivity contribution in [1.82, 2.24) is 25.3 Å². The molecule has 2 saturated heterocycles. The summed E-state index contributed by atoms with van der Waals surface area (Å²) in [5, 5.41) is 11.3. The predicted octanol–water partition coefficient (Wildman–Crippen LogP) is 2.22. The van der Waals surface area contributed by atoms with Gasteiger partial charge in [-0.05, 0) is 51.7 Å². The molecule has 1 aromatic carbocycles. The van der Waals surface area contributed by atoms with Gasteiger partial charge in [-0.3, -0.25) is 14.8 Å². The molecule has 0 aliphatic carbocycles. The zero-order chi connectivity index (χ0) is 19.6. The Balaban J connectivity index is 1.29. The number of hydrogen-bond acceptors (Lipinski definition) is 4. The third-order valence-electron chi connectivity index (χ3n) is 6.93. The molecule has 6 heteroatoms. The van der Waals surface area contributed by atoms with Crippen molar-refractivity contribution in [2.75, 3.05) is 32.7 Å². The number of nitrogens with one attached hydrogen (secondary N) is 2. The molecule has 154 valence electrons. The van der Waals surface area contributed by atoms with Crippen LogP contribution in [0.15, 0.2) is 30.3 Å². The third kappa shape index (κ3) is 3.71. The van der Waals surface area contributed by atoms with E-state index in [9.17, 15) is 4.79 Å². The smallest absolute Gasteiger partial charge is 0.239 e. The molecule has 1 atom stereocenters. The molecular weight excluding hydrogens is 362 g/mol. The van der Waals surface area contributed by atoms with Gasteiger partial charge in [0.05, 0.1) is 11.7 Å². The number of benzene rings is 1. The van der Waals surface area contributed by atoms with Gasteiger partial charge in [-0.1, -0.05) is 30.3 Å². The lowest BCUT2D eigenvalue weighted by molar-refractivity contribution is -0.136. The van der Waals surface area contributed by atoms with Crippen molar-refractivity contribution in [2.24, 2.45) is 0 Å². The summed E-state index contributed by atoms with van der Waals surface area (Å²) in [4.78, 5) is 18.1. The van der Waals surface area contributed by atoms with Crippen molar-refractivity contribution < 1.29 is 4.79 Å². The molecule has 0 bridgehead atoms. The van der Waals surface area contributed by atoms with Crippen molar-refractivity contribution in [3.05, 3.63) is 41.6 Å². The highest BCUT2D eigenvalue weighted by molar-refractivity contribution is 5.82. The van der Waals surface area contributed by atoms with Crippen LogP contribution >= 0.6 is 0 Å².